The van der Waals surface area contributed by atoms with E-state index in [1.54, 1.807) is 21.3 Å². The molecule has 26 heavy (non-hydrogen) atoms. The molecule has 0 bridgehead atoms. The Kier molecular flexibility index (Phi) is 4.60. The Bertz CT molecular complexity index is 945. The lowest BCUT2D eigenvalue weighted by atomic mass is 9.92. The standard InChI is InChI=1S/C22H25NO3/c1-24-17-7-6-14-9-15(10-16-5-4-8-23-16)19-12-21(25-2)22(26-3)13-20(19)18(14)11-17/h6-7,9,11-13,16,23H,4-5,8,10H2,1-3H3/t16-/m1/s1. The van der Waals surface area contributed by atoms with Gasteiger partial charge in [-0.25, -0.2) is 0 Å². The van der Waals surface area contributed by atoms with E-state index in [0.717, 1.165) is 30.2 Å². The summed E-state index contributed by atoms with van der Waals surface area (Å²) in [5.41, 5.74) is 1.35. The van der Waals surface area contributed by atoms with Crippen molar-refractivity contribution < 1.29 is 14.2 Å². The van der Waals surface area contributed by atoms with Crippen LogP contribution < -0.4 is 19.5 Å². The summed E-state index contributed by atoms with van der Waals surface area (Å²) in [6, 6.07) is 13.3. The van der Waals surface area contributed by atoms with E-state index in [2.05, 4.69) is 35.6 Å². The van der Waals surface area contributed by atoms with Crippen LogP contribution in [0.5, 0.6) is 17.2 Å². The van der Waals surface area contributed by atoms with Crippen LogP contribution >= 0.6 is 0 Å². The Morgan fingerprint density at radius 2 is 1.65 bits per heavy atom. The second-order valence-electron chi connectivity index (χ2n) is 6.87. The van der Waals surface area contributed by atoms with Crippen molar-refractivity contribution in [2.24, 2.45) is 0 Å². The average Bonchev–Trinajstić information content (AvgIpc) is 3.19. The molecule has 1 N–H and O–H groups in total. The molecule has 0 unspecified atom stereocenters. The predicted octanol–water partition coefficient (Wildman–Crippen LogP) is 4.31. The maximum atomic E-state index is 5.56. The largest absolute Gasteiger partial charge is 0.497 e. The quantitative estimate of drug-likeness (QED) is 0.695. The molecular formula is C22H25NO3. The third-order valence-electron chi connectivity index (χ3n) is 5.38. The van der Waals surface area contributed by atoms with E-state index in [0.29, 0.717) is 6.04 Å². The number of hydrogen-bond donors (Lipinski definition) is 1. The van der Waals surface area contributed by atoms with Crippen LogP contribution in [0.25, 0.3) is 21.5 Å². The van der Waals surface area contributed by atoms with Crippen molar-refractivity contribution in [3.8, 4) is 17.2 Å². The molecule has 0 spiro atoms. The normalized spacial score (nSPS) is 17.0. The van der Waals surface area contributed by atoms with Gasteiger partial charge in [-0.05, 0) is 77.2 Å². The molecule has 4 heteroatoms. The molecule has 1 saturated heterocycles. The summed E-state index contributed by atoms with van der Waals surface area (Å²) in [5, 5.41) is 8.39. The van der Waals surface area contributed by atoms with E-state index >= 15 is 0 Å². The molecule has 4 nitrogen and oxygen atoms in total. The van der Waals surface area contributed by atoms with Crippen molar-refractivity contribution in [1.82, 2.24) is 5.32 Å². The first-order valence-electron chi connectivity index (χ1n) is 9.12. The number of rotatable bonds is 5. The van der Waals surface area contributed by atoms with Gasteiger partial charge in [0.15, 0.2) is 11.5 Å². The van der Waals surface area contributed by atoms with E-state index < -0.39 is 0 Å². The predicted molar refractivity (Wildman–Crippen MR) is 106 cm³/mol. The highest BCUT2D eigenvalue weighted by molar-refractivity contribution is 6.10. The third kappa shape index (κ3) is 2.95. The SMILES string of the molecule is COc1ccc2cc(C[C@H]3CCCN3)c3cc(OC)c(OC)cc3c2c1. The summed E-state index contributed by atoms with van der Waals surface area (Å²) in [7, 11) is 5.07. The number of hydrogen-bond acceptors (Lipinski definition) is 4. The lowest BCUT2D eigenvalue weighted by molar-refractivity contribution is 0.356. The zero-order chi connectivity index (χ0) is 18.1. The third-order valence-corrected chi connectivity index (χ3v) is 5.38. The van der Waals surface area contributed by atoms with Crippen molar-refractivity contribution >= 4 is 21.5 Å². The highest BCUT2D eigenvalue weighted by atomic mass is 16.5. The van der Waals surface area contributed by atoms with E-state index in [9.17, 15) is 0 Å². The zero-order valence-electron chi connectivity index (χ0n) is 15.6. The van der Waals surface area contributed by atoms with Gasteiger partial charge in [-0.2, -0.15) is 0 Å². The lowest BCUT2D eigenvalue weighted by Gasteiger charge is -2.17. The van der Waals surface area contributed by atoms with Crippen molar-refractivity contribution in [3.63, 3.8) is 0 Å². The van der Waals surface area contributed by atoms with Gasteiger partial charge in [0.1, 0.15) is 5.75 Å². The topological polar surface area (TPSA) is 39.7 Å². The van der Waals surface area contributed by atoms with Gasteiger partial charge in [-0.15, -0.1) is 0 Å². The summed E-state index contributed by atoms with van der Waals surface area (Å²) in [4.78, 5) is 0. The van der Waals surface area contributed by atoms with Crippen molar-refractivity contribution in [3.05, 3.63) is 42.0 Å². The van der Waals surface area contributed by atoms with Gasteiger partial charge in [0.05, 0.1) is 21.3 Å². The monoisotopic (exact) mass is 351 g/mol. The highest BCUT2D eigenvalue weighted by Gasteiger charge is 2.18. The minimum Gasteiger partial charge on any atom is -0.497 e. The van der Waals surface area contributed by atoms with Crippen molar-refractivity contribution in [1.29, 1.82) is 0 Å². The van der Waals surface area contributed by atoms with Gasteiger partial charge in [0.2, 0.25) is 0 Å². The smallest absolute Gasteiger partial charge is 0.161 e. The first kappa shape index (κ1) is 17.0. The minimum atomic E-state index is 0.544. The van der Waals surface area contributed by atoms with Crippen LogP contribution in [-0.2, 0) is 6.42 Å². The maximum Gasteiger partial charge on any atom is 0.161 e. The van der Waals surface area contributed by atoms with Crippen LogP contribution in [0.2, 0.25) is 0 Å². The Balaban J connectivity index is 1.98. The molecule has 3 aromatic rings. The molecule has 1 heterocycles. The molecule has 0 aromatic heterocycles. The fourth-order valence-electron chi connectivity index (χ4n) is 4.02. The second kappa shape index (κ2) is 7.04. The fraction of sp³-hybridized carbons (Fsp3) is 0.364. The fourth-order valence-corrected chi connectivity index (χ4v) is 4.02. The van der Waals surface area contributed by atoms with E-state index in [-0.39, 0.29) is 0 Å². The Morgan fingerprint density at radius 3 is 2.31 bits per heavy atom. The molecule has 0 saturated carbocycles. The van der Waals surface area contributed by atoms with E-state index in [1.807, 2.05) is 6.07 Å². The van der Waals surface area contributed by atoms with Gasteiger partial charge in [-0.1, -0.05) is 12.1 Å². The number of benzene rings is 3. The van der Waals surface area contributed by atoms with Crippen LogP contribution in [-0.4, -0.2) is 33.9 Å². The van der Waals surface area contributed by atoms with Crippen molar-refractivity contribution in [2.45, 2.75) is 25.3 Å². The van der Waals surface area contributed by atoms with Crippen LogP contribution in [0.3, 0.4) is 0 Å². The molecule has 1 atom stereocenters. The number of ether oxygens (including phenoxy) is 3. The molecule has 136 valence electrons. The molecule has 1 aliphatic rings. The van der Waals surface area contributed by atoms with Gasteiger partial charge in [-0.3, -0.25) is 0 Å². The molecule has 0 radical (unpaired) electrons. The van der Waals surface area contributed by atoms with Gasteiger partial charge >= 0.3 is 0 Å². The highest BCUT2D eigenvalue weighted by Crippen LogP contribution is 2.39. The minimum absolute atomic E-state index is 0.544. The van der Waals surface area contributed by atoms with Crippen molar-refractivity contribution in [2.75, 3.05) is 27.9 Å². The Labute approximate surface area is 154 Å². The second-order valence-corrected chi connectivity index (χ2v) is 6.87. The molecule has 3 aromatic carbocycles. The number of nitrogens with one attached hydrogen (secondary N) is 1. The summed E-state index contributed by atoms with van der Waals surface area (Å²) in [5.74, 6) is 2.38. The van der Waals surface area contributed by atoms with E-state index in [4.69, 9.17) is 14.2 Å². The van der Waals surface area contributed by atoms with Crippen LogP contribution in [0.1, 0.15) is 18.4 Å². The molecule has 1 aliphatic heterocycles. The Hall–Kier alpha value is -2.46. The van der Waals surface area contributed by atoms with Crippen LogP contribution in [0, 0.1) is 0 Å². The summed E-state index contributed by atoms with van der Waals surface area (Å²) < 4.78 is 16.6. The first-order valence-corrected chi connectivity index (χ1v) is 9.12. The summed E-state index contributed by atoms with van der Waals surface area (Å²) in [6.45, 7) is 1.12. The average molecular weight is 351 g/mol. The maximum absolute atomic E-state index is 5.56. The van der Waals surface area contributed by atoms with Gasteiger partial charge < -0.3 is 19.5 Å². The van der Waals surface area contributed by atoms with Gasteiger partial charge in [0, 0.05) is 6.04 Å². The molecular weight excluding hydrogens is 326 g/mol. The Morgan fingerprint density at radius 1 is 0.885 bits per heavy atom. The van der Waals surface area contributed by atoms with Gasteiger partial charge in [0.25, 0.3) is 0 Å². The lowest BCUT2D eigenvalue weighted by Crippen LogP contribution is -2.23. The number of methoxy groups -OCH3 is 3. The van der Waals surface area contributed by atoms with E-state index in [1.165, 1.54) is 39.9 Å². The molecule has 4 rings (SSSR count). The van der Waals surface area contributed by atoms with Crippen LogP contribution in [0.4, 0.5) is 0 Å². The number of fused-ring (bicyclic) bond motifs is 3. The molecule has 0 amide bonds. The molecule has 0 aliphatic carbocycles. The summed E-state index contributed by atoms with van der Waals surface area (Å²) in [6.07, 6.45) is 3.51. The first-order chi connectivity index (χ1) is 12.7. The summed E-state index contributed by atoms with van der Waals surface area (Å²) >= 11 is 0. The zero-order valence-corrected chi connectivity index (χ0v) is 15.6. The van der Waals surface area contributed by atoms with Crippen LogP contribution in [0.15, 0.2) is 36.4 Å². The molecule has 1 fully saturated rings.